The van der Waals surface area contributed by atoms with Gasteiger partial charge < -0.3 is 10.6 Å². The third-order valence-corrected chi connectivity index (χ3v) is 5.91. The Morgan fingerprint density at radius 3 is 2.85 bits per heavy atom. The van der Waals surface area contributed by atoms with Crippen LogP contribution in [0.15, 0.2) is 36.5 Å². The SMILES string of the molecule is Cc1c(CC(=O)Nc2ncc(C3CCNCC3)s2)nnn1-c1ccccc1. The molecule has 0 radical (unpaired) electrons. The van der Waals surface area contributed by atoms with Crippen molar-refractivity contribution >= 4 is 22.4 Å². The maximum atomic E-state index is 12.4. The maximum absolute atomic E-state index is 12.4. The molecule has 3 heterocycles. The van der Waals surface area contributed by atoms with Crippen molar-refractivity contribution in [3.8, 4) is 5.69 Å². The molecule has 1 aromatic carbocycles. The number of amides is 1. The summed E-state index contributed by atoms with van der Waals surface area (Å²) in [5.41, 5.74) is 2.47. The molecule has 1 fully saturated rings. The Labute approximate surface area is 161 Å². The molecule has 27 heavy (non-hydrogen) atoms. The molecule has 0 aliphatic carbocycles. The molecule has 0 unspecified atom stereocenters. The topological polar surface area (TPSA) is 84.7 Å². The van der Waals surface area contributed by atoms with Gasteiger partial charge >= 0.3 is 0 Å². The quantitative estimate of drug-likeness (QED) is 0.709. The maximum Gasteiger partial charge on any atom is 0.232 e. The lowest BCUT2D eigenvalue weighted by Gasteiger charge is -2.20. The molecule has 1 aliphatic heterocycles. The van der Waals surface area contributed by atoms with Crippen LogP contribution in [0.2, 0.25) is 0 Å². The fourth-order valence-electron chi connectivity index (χ4n) is 3.29. The summed E-state index contributed by atoms with van der Waals surface area (Å²) in [6, 6.07) is 9.78. The molecule has 1 saturated heterocycles. The average molecular weight is 382 g/mol. The van der Waals surface area contributed by atoms with E-state index in [1.54, 1.807) is 16.0 Å². The Balaban J connectivity index is 1.40. The summed E-state index contributed by atoms with van der Waals surface area (Å²) in [6.45, 7) is 4.01. The number of hydrogen-bond donors (Lipinski definition) is 2. The fraction of sp³-hybridized carbons (Fsp3) is 0.368. The predicted octanol–water partition coefficient (Wildman–Crippen LogP) is 2.68. The molecule has 1 aliphatic rings. The van der Waals surface area contributed by atoms with Gasteiger partial charge in [-0.05, 0) is 50.9 Å². The van der Waals surface area contributed by atoms with Crippen molar-refractivity contribution in [2.24, 2.45) is 0 Å². The molecule has 2 N–H and O–H groups in total. The van der Waals surface area contributed by atoms with Crippen LogP contribution in [-0.2, 0) is 11.2 Å². The van der Waals surface area contributed by atoms with Crippen molar-refractivity contribution < 1.29 is 4.79 Å². The monoisotopic (exact) mass is 382 g/mol. The first kappa shape index (κ1) is 17.8. The first-order valence-electron chi connectivity index (χ1n) is 9.13. The number of nitrogens with zero attached hydrogens (tertiary/aromatic N) is 4. The molecule has 3 aromatic rings. The average Bonchev–Trinajstić information content (AvgIpc) is 3.30. The van der Waals surface area contributed by atoms with Crippen molar-refractivity contribution in [3.63, 3.8) is 0 Å². The highest BCUT2D eigenvalue weighted by Gasteiger charge is 2.19. The van der Waals surface area contributed by atoms with Crippen LogP contribution in [-0.4, -0.2) is 39.0 Å². The highest BCUT2D eigenvalue weighted by molar-refractivity contribution is 7.15. The summed E-state index contributed by atoms with van der Waals surface area (Å²) in [4.78, 5) is 18.1. The Hall–Kier alpha value is -2.58. The lowest BCUT2D eigenvalue weighted by Crippen LogP contribution is -2.26. The standard InChI is InChI=1S/C19H22N6OS/c1-13-16(23-24-25(13)15-5-3-2-4-6-15)11-18(26)22-19-21-12-17(27-19)14-7-9-20-10-8-14/h2-6,12,14,20H,7-11H2,1H3,(H,21,22,26). The molecule has 0 bridgehead atoms. The van der Waals surface area contributed by atoms with E-state index in [2.05, 4.69) is 25.9 Å². The number of benzene rings is 1. The van der Waals surface area contributed by atoms with Crippen molar-refractivity contribution in [2.75, 3.05) is 18.4 Å². The van der Waals surface area contributed by atoms with Crippen molar-refractivity contribution in [3.05, 3.63) is 52.8 Å². The number of carbonyl (C=O) groups is 1. The summed E-state index contributed by atoms with van der Waals surface area (Å²) in [6.07, 6.45) is 4.32. The molecule has 8 heteroatoms. The van der Waals surface area contributed by atoms with Gasteiger partial charge in [0.25, 0.3) is 0 Å². The summed E-state index contributed by atoms with van der Waals surface area (Å²) >= 11 is 1.57. The zero-order valence-corrected chi connectivity index (χ0v) is 16.0. The van der Waals surface area contributed by atoms with E-state index in [1.807, 2.05) is 43.5 Å². The van der Waals surface area contributed by atoms with Gasteiger partial charge in [-0.15, -0.1) is 16.4 Å². The number of nitrogens with one attached hydrogen (secondary N) is 2. The molecule has 140 valence electrons. The number of aromatic nitrogens is 4. The largest absolute Gasteiger partial charge is 0.317 e. The molecule has 1 amide bonds. The van der Waals surface area contributed by atoms with E-state index in [9.17, 15) is 4.79 Å². The van der Waals surface area contributed by atoms with E-state index >= 15 is 0 Å². The van der Waals surface area contributed by atoms with Gasteiger partial charge in [0.1, 0.15) is 0 Å². The summed E-state index contributed by atoms with van der Waals surface area (Å²) in [5.74, 6) is 0.423. The van der Waals surface area contributed by atoms with Crippen LogP contribution in [0.3, 0.4) is 0 Å². The van der Waals surface area contributed by atoms with E-state index < -0.39 is 0 Å². The van der Waals surface area contributed by atoms with Crippen LogP contribution in [0.5, 0.6) is 0 Å². The van der Waals surface area contributed by atoms with Gasteiger partial charge in [-0.1, -0.05) is 23.4 Å². The van der Waals surface area contributed by atoms with Gasteiger partial charge in [-0.2, -0.15) is 0 Å². The lowest BCUT2D eigenvalue weighted by atomic mass is 9.97. The Morgan fingerprint density at radius 1 is 1.30 bits per heavy atom. The number of piperidine rings is 1. The number of thiazole rings is 1. The number of carbonyl (C=O) groups excluding carboxylic acids is 1. The Morgan fingerprint density at radius 2 is 2.07 bits per heavy atom. The van der Waals surface area contributed by atoms with Gasteiger partial charge in [0.2, 0.25) is 5.91 Å². The Bertz CT molecular complexity index is 913. The smallest absolute Gasteiger partial charge is 0.232 e. The normalized spacial score (nSPS) is 15.0. The first-order chi connectivity index (χ1) is 13.2. The summed E-state index contributed by atoms with van der Waals surface area (Å²) < 4.78 is 1.75. The third kappa shape index (κ3) is 4.06. The minimum Gasteiger partial charge on any atom is -0.317 e. The lowest BCUT2D eigenvalue weighted by molar-refractivity contribution is -0.115. The first-order valence-corrected chi connectivity index (χ1v) is 9.95. The predicted molar refractivity (Wildman–Crippen MR) is 105 cm³/mol. The fourth-order valence-corrected chi connectivity index (χ4v) is 4.29. The van der Waals surface area contributed by atoms with Crippen LogP contribution < -0.4 is 10.6 Å². The van der Waals surface area contributed by atoms with Gasteiger partial charge in [-0.3, -0.25) is 4.79 Å². The molecule has 7 nitrogen and oxygen atoms in total. The third-order valence-electron chi connectivity index (χ3n) is 4.83. The van der Waals surface area contributed by atoms with Crippen LogP contribution >= 0.6 is 11.3 Å². The van der Waals surface area contributed by atoms with E-state index in [0.717, 1.165) is 37.3 Å². The van der Waals surface area contributed by atoms with E-state index in [-0.39, 0.29) is 12.3 Å². The zero-order valence-electron chi connectivity index (χ0n) is 15.2. The van der Waals surface area contributed by atoms with E-state index in [1.165, 1.54) is 4.88 Å². The number of rotatable bonds is 5. The summed E-state index contributed by atoms with van der Waals surface area (Å²) in [7, 11) is 0. The molecule has 0 saturated carbocycles. The summed E-state index contributed by atoms with van der Waals surface area (Å²) in [5, 5.41) is 15.3. The second-order valence-electron chi connectivity index (χ2n) is 6.69. The van der Waals surface area contributed by atoms with Crippen molar-refractivity contribution in [2.45, 2.75) is 32.1 Å². The van der Waals surface area contributed by atoms with Crippen LogP contribution in [0.1, 0.15) is 35.0 Å². The van der Waals surface area contributed by atoms with Crippen molar-refractivity contribution in [1.29, 1.82) is 0 Å². The molecule has 0 atom stereocenters. The Kier molecular flexibility index (Phi) is 5.26. The minimum absolute atomic E-state index is 0.121. The highest BCUT2D eigenvalue weighted by Crippen LogP contribution is 2.31. The van der Waals surface area contributed by atoms with E-state index in [0.29, 0.717) is 16.7 Å². The number of hydrogen-bond acceptors (Lipinski definition) is 6. The van der Waals surface area contributed by atoms with Gasteiger partial charge in [0.05, 0.1) is 23.5 Å². The van der Waals surface area contributed by atoms with Crippen molar-refractivity contribution in [1.82, 2.24) is 25.3 Å². The zero-order chi connectivity index (χ0) is 18.6. The van der Waals surface area contributed by atoms with Crippen LogP contribution in [0, 0.1) is 6.92 Å². The molecule has 0 spiro atoms. The van der Waals surface area contributed by atoms with Crippen LogP contribution in [0.4, 0.5) is 5.13 Å². The second-order valence-corrected chi connectivity index (χ2v) is 7.75. The van der Waals surface area contributed by atoms with Gasteiger partial charge in [0, 0.05) is 11.1 Å². The number of para-hydroxylation sites is 1. The van der Waals surface area contributed by atoms with E-state index in [4.69, 9.17) is 0 Å². The molecular weight excluding hydrogens is 360 g/mol. The van der Waals surface area contributed by atoms with Gasteiger partial charge in [-0.25, -0.2) is 9.67 Å². The molecule has 4 rings (SSSR count). The highest BCUT2D eigenvalue weighted by atomic mass is 32.1. The second kappa shape index (κ2) is 7.98. The van der Waals surface area contributed by atoms with Crippen LogP contribution in [0.25, 0.3) is 5.69 Å². The number of anilines is 1. The minimum atomic E-state index is -0.121. The molecular formula is C19H22N6OS. The van der Waals surface area contributed by atoms with Gasteiger partial charge in [0.15, 0.2) is 5.13 Å². The molecule has 2 aromatic heterocycles.